The van der Waals surface area contributed by atoms with Crippen LogP contribution in [0.4, 0.5) is 11.5 Å². The summed E-state index contributed by atoms with van der Waals surface area (Å²) < 4.78 is 5.00. The first-order chi connectivity index (χ1) is 8.11. The Hall–Kier alpha value is -1.04. The molecule has 17 heavy (non-hydrogen) atoms. The van der Waals surface area contributed by atoms with Crippen molar-refractivity contribution in [1.29, 1.82) is 0 Å². The van der Waals surface area contributed by atoms with Crippen molar-refractivity contribution in [2.45, 2.75) is 0 Å². The average Bonchev–Trinajstić information content (AvgIpc) is 2.25. The maximum Gasteiger partial charge on any atom is 0.133 e. The minimum Gasteiger partial charge on any atom is -0.399 e. The predicted octanol–water partition coefficient (Wildman–Crippen LogP) is 1.31. The van der Waals surface area contributed by atoms with Gasteiger partial charge < -0.3 is 20.7 Å². The van der Waals surface area contributed by atoms with E-state index in [4.69, 9.17) is 22.1 Å². The van der Waals surface area contributed by atoms with Gasteiger partial charge >= 0.3 is 0 Å². The van der Waals surface area contributed by atoms with Crippen molar-refractivity contribution in [3.63, 3.8) is 0 Å². The lowest BCUT2D eigenvalue weighted by Crippen LogP contribution is -2.28. The number of ether oxygens (including phenoxy) is 1. The zero-order chi connectivity index (χ0) is 12.7. The van der Waals surface area contributed by atoms with Gasteiger partial charge in [-0.3, -0.25) is 0 Å². The number of nitrogens with two attached hydrogens (primary N) is 1. The van der Waals surface area contributed by atoms with Crippen LogP contribution in [0.5, 0.6) is 0 Å². The topological polar surface area (TPSA) is 63.4 Å². The normalized spacial score (nSPS) is 10.8. The van der Waals surface area contributed by atoms with E-state index in [-0.39, 0.29) is 0 Å². The fourth-order valence-electron chi connectivity index (χ4n) is 1.34. The van der Waals surface area contributed by atoms with Gasteiger partial charge in [-0.05, 0) is 13.1 Å². The Kier molecular flexibility index (Phi) is 6.04. The minimum atomic E-state index is 0.403. The third-order valence-electron chi connectivity index (χ3n) is 2.29. The van der Waals surface area contributed by atoms with E-state index >= 15 is 0 Å². The largest absolute Gasteiger partial charge is 0.399 e. The second-order valence-electron chi connectivity index (χ2n) is 3.83. The molecule has 0 amide bonds. The summed E-state index contributed by atoms with van der Waals surface area (Å²) in [5.74, 6) is 0.704. The summed E-state index contributed by atoms with van der Waals surface area (Å²) in [7, 11) is 3.74. The summed E-state index contributed by atoms with van der Waals surface area (Å²) in [5.41, 5.74) is 6.28. The summed E-state index contributed by atoms with van der Waals surface area (Å²) >= 11 is 5.80. The molecule has 96 valence electrons. The highest BCUT2D eigenvalue weighted by molar-refractivity contribution is 6.29. The van der Waals surface area contributed by atoms with Crippen LogP contribution < -0.4 is 11.1 Å². The van der Waals surface area contributed by atoms with Gasteiger partial charge in [0.15, 0.2) is 0 Å². The van der Waals surface area contributed by atoms with E-state index in [9.17, 15) is 0 Å². The van der Waals surface area contributed by atoms with Crippen LogP contribution in [0.3, 0.4) is 0 Å². The van der Waals surface area contributed by atoms with E-state index in [0.29, 0.717) is 16.7 Å². The van der Waals surface area contributed by atoms with Crippen molar-refractivity contribution in [2.75, 3.05) is 51.4 Å². The number of hydrogen-bond acceptors (Lipinski definition) is 5. The molecule has 3 N–H and O–H groups in total. The highest BCUT2D eigenvalue weighted by atomic mass is 35.5. The lowest BCUT2D eigenvalue weighted by Gasteiger charge is -2.16. The van der Waals surface area contributed by atoms with Gasteiger partial charge in [-0.1, -0.05) is 11.6 Å². The molecule has 1 aromatic rings. The van der Waals surface area contributed by atoms with Crippen LogP contribution in [-0.2, 0) is 4.74 Å². The number of nitrogens with one attached hydrogen (secondary N) is 1. The van der Waals surface area contributed by atoms with E-state index in [1.165, 1.54) is 0 Å². The third-order valence-corrected chi connectivity index (χ3v) is 2.49. The average molecular weight is 259 g/mol. The van der Waals surface area contributed by atoms with Crippen LogP contribution in [0, 0.1) is 0 Å². The highest BCUT2D eigenvalue weighted by Gasteiger charge is 2.00. The van der Waals surface area contributed by atoms with Crippen molar-refractivity contribution in [3.05, 3.63) is 17.3 Å². The second-order valence-corrected chi connectivity index (χ2v) is 4.22. The minimum absolute atomic E-state index is 0.403. The Morgan fingerprint density at radius 1 is 1.47 bits per heavy atom. The summed E-state index contributed by atoms with van der Waals surface area (Å²) in [6, 6.07) is 3.39. The van der Waals surface area contributed by atoms with E-state index < -0.39 is 0 Å². The quantitative estimate of drug-likeness (QED) is 0.722. The Bertz CT molecular complexity index is 328. The van der Waals surface area contributed by atoms with Crippen LogP contribution in [0.1, 0.15) is 0 Å². The Balaban J connectivity index is 2.30. The van der Waals surface area contributed by atoms with Crippen molar-refractivity contribution in [3.8, 4) is 0 Å². The van der Waals surface area contributed by atoms with Crippen molar-refractivity contribution < 1.29 is 4.74 Å². The molecule has 0 aliphatic carbocycles. The lowest BCUT2D eigenvalue weighted by atomic mass is 10.4. The number of nitrogens with zero attached hydrogens (tertiary/aromatic N) is 2. The summed E-state index contributed by atoms with van der Waals surface area (Å²) in [5, 5.41) is 3.58. The number of hydrogen-bond donors (Lipinski definition) is 2. The van der Waals surface area contributed by atoms with E-state index in [1.54, 1.807) is 19.2 Å². The molecule has 0 saturated carbocycles. The molecule has 0 bridgehead atoms. The second kappa shape index (κ2) is 7.32. The first-order valence-electron chi connectivity index (χ1n) is 5.46. The number of pyridine rings is 1. The molecule has 0 aliphatic heterocycles. The smallest absolute Gasteiger partial charge is 0.133 e. The SMILES string of the molecule is COCCN(C)CCNc1cc(N)cc(Cl)n1. The van der Waals surface area contributed by atoms with Crippen molar-refractivity contribution >= 4 is 23.1 Å². The van der Waals surface area contributed by atoms with E-state index in [0.717, 1.165) is 26.2 Å². The molecule has 6 heteroatoms. The van der Waals surface area contributed by atoms with Gasteiger partial charge in [0.05, 0.1) is 6.61 Å². The van der Waals surface area contributed by atoms with Crippen LogP contribution >= 0.6 is 11.6 Å². The molecule has 0 aliphatic rings. The van der Waals surface area contributed by atoms with Gasteiger partial charge in [0.2, 0.25) is 0 Å². The maximum absolute atomic E-state index is 5.80. The van der Waals surface area contributed by atoms with Gasteiger partial charge in [-0.15, -0.1) is 0 Å². The number of nitrogen functional groups attached to an aromatic ring is 1. The molecule has 1 rings (SSSR count). The first-order valence-corrected chi connectivity index (χ1v) is 5.84. The molecule has 0 aromatic carbocycles. The van der Waals surface area contributed by atoms with Crippen LogP contribution in [0.2, 0.25) is 5.15 Å². The van der Waals surface area contributed by atoms with Crippen molar-refractivity contribution in [2.24, 2.45) is 0 Å². The molecular formula is C11H19ClN4O. The summed E-state index contributed by atoms with van der Waals surface area (Å²) in [6.07, 6.45) is 0. The number of likely N-dealkylation sites (N-methyl/N-ethyl adjacent to an activating group) is 1. The van der Waals surface area contributed by atoms with Gasteiger partial charge in [0.1, 0.15) is 11.0 Å². The van der Waals surface area contributed by atoms with Crippen LogP contribution in [0.15, 0.2) is 12.1 Å². The zero-order valence-corrected chi connectivity index (χ0v) is 11.0. The Labute approximate surface area is 107 Å². The molecule has 0 unspecified atom stereocenters. The summed E-state index contributed by atoms with van der Waals surface area (Å²) in [6.45, 7) is 3.33. The molecule has 0 saturated heterocycles. The monoisotopic (exact) mass is 258 g/mol. The lowest BCUT2D eigenvalue weighted by molar-refractivity contribution is 0.163. The van der Waals surface area contributed by atoms with Crippen LogP contribution in [0.25, 0.3) is 0 Å². The van der Waals surface area contributed by atoms with Gasteiger partial charge in [0, 0.05) is 38.5 Å². The van der Waals surface area contributed by atoms with Gasteiger partial charge in [-0.25, -0.2) is 4.98 Å². The first kappa shape index (κ1) is 14.0. The standard InChI is InChI=1S/C11H19ClN4O/c1-16(5-6-17-2)4-3-14-11-8-9(13)7-10(12)15-11/h7-8H,3-6H2,1-2H3,(H3,13,14,15). The van der Waals surface area contributed by atoms with Crippen LogP contribution in [-0.4, -0.2) is 50.3 Å². The summed E-state index contributed by atoms with van der Waals surface area (Å²) in [4.78, 5) is 6.30. The highest BCUT2D eigenvalue weighted by Crippen LogP contribution is 2.15. The number of anilines is 2. The zero-order valence-electron chi connectivity index (χ0n) is 10.2. The molecule has 0 radical (unpaired) electrons. The fraction of sp³-hybridized carbons (Fsp3) is 0.545. The molecular weight excluding hydrogens is 240 g/mol. The molecule has 0 spiro atoms. The number of halogens is 1. The van der Waals surface area contributed by atoms with Gasteiger partial charge in [0.25, 0.3) is 0 Å². The molecule has 1 heterocycles. The fourth-order valence-corrected chi connectivity index (χ4v) is 1.56. The Morgan fingerprint density at radius 2 is 2.24 bits per heavy atom. The van der Waals surface area contributed by atoms with E-state index in [2.05, 4.69) is 15.2 Å². The predicted molar refractivity (Wildman–Crippen MR) is 71.5 cm³/mol. The number of rotatable bonds is 7. The third kappa shape index (κ3) is 5.72. The molecule has 0 atom stereocenters. The van der Waals surface area contributed by atoms with E-state index in [1.807, 2.05) is 7.05 Å². The van der Waals surface area contributed by atoms with Crippen molar-refractivity contribution in [1.82, 2.24) is 9.88 Å². The Morgan fingerprint density at radius 3 is 2.88 bits per heavy atom. The molecule has 1 aromatic heterocycles. The number of aromatic nitrogens is 1. The number of methoxy groups -OCH3 is 1. The molecule has 0 fully saturated rings. The molecule has 5 nitrogen and oxygen atoms in total. The van der Waals surface area contributed by atoms with Gasteiger partial charge in [-0.2, -0.15) is 0 Å². The maximum atomic E-state index is 5.80.